The van der Waals surface area contributed by atoms with E-state index in [2.05, 4.69) is 78.2 Å². The third-order valence-electron chi connectivity index (χ3n) is 5.25. The molecule has 1 amide bonds. The summed E-state index contributed by atoms with van der Waals surface area (Å²) < 4.78 is 0. The average molecular weight is 366 g/mol. The van der Waals surface area contributed by atoms with Crippen LogP contribution in [0.15, 0.2) is 60.7 Å². The molecule has 1 aliphatic rings. The van der Waals surface area contributed by atoms with Crippen LogP contribution in [-0.2, 0) is 4.79 Å². The lowest BCUT2D eigenvalue weighted by Crippen LogP contribution is -2.51. The van der Waals surface area contributed by atoms with Gasteiger partial charge in [0, 0.05) is 44.6 Å². The minimum atomic E-state index is 0.263. The van der Waals surface area contributed by atoms with E-state index in [9.17, 15) is 4.79 Å². The number of carbonyl (C=O) groups is 1. The van der Waals surface area contributed by atoms with Crippen LogP contribution in [0.1, 0.15) is 36.8 Å². The molecule has 0 aromatic heterocycles. The molecule has 0 spiro atoms. The van der Waals surface area contributed by atoms with Crippen molar-refractivity contribution in [2.45, 2.75) is 31.7 Å². The predicted molar refractivity (Wildman–Crippen MR) is 111 cm³/mol. The molecule has 0 radical (unpaired) electrons. The fourth-order valence-electron chi connectivity index (χ4n) is 3.78. The number of hydrogen-bond donors (Lipinski definition) is 2. The molecule has 0 bridgehead atoms. The minimum absolute atomic E-state index is 0.263. The van der Waals surface area contributed by atoms with Crippen molar-refractivity contribution in [3.63, 3.8) is 0 Å². The van der Waals surface area contributed by atoms with Crippen LogP contribution in [0.25, 0.3) is 0 Å². The fourth-order valence-corrected chi connectivity index (χ4v) is 3.78. The molecule has 2 aromatic rings. The highest BCUT2D eigenvalue weighted by atomic mass is 16.2. The van der Waals surface area contributed by atoms with Gasteiger partial charge in [-0.3, -0.25) is 4.79 Å². The lowest BCUT2D eigenvalue weighted by molar-refractivity contribution is -0.132. The van der Waals surface area contributed by atoms with Gasteiger partial charge in [0.05, 0.1) is 0 Å². The maximum atomic E-state index is 12.3. The minimum Gasteiger partial charge on any atom is -0.340 e. The molecule has 0 aliphatic carbocycles. The molecule has 1 heterocycles. The molecular weight excluding hydrogens is 334 g/mol. The molecule has 2 aromatic carbocycles. The average Bonchev–Trinajstić information content (AvgIpc) is 2.72. The Hall–Kier alpha value is -2.17. The smallest absolute Gasteiger partial charge is 0.223 e. The third kappa shape index (κ3) is 5.91. The maximum Gasteiger partial charge on any atom is 0.223 e. The van der Waals surface area contributed by atoms with Gasteiger partial charge < -0.3 is 15.5 Å². The topological polar surface area (TPSA) is 44.4 Å². The highest BCUT2D eigenvalue weighted by molar-refractivity contribution is 5.76. The number of nitrogens with zero attached hydrogens (tertiary/aromatic N) is 1. The van der Waals surface area contributed by atoms with Crippen molar-refractivity contribution in [1.29, 1.82) is 0 Å². The number of benzene rings is 2. The van der Waals surface area contributed by atoms with Crippen LogP contribution in [0.5, 0.6) is 0 Å². The number of amides is 1. The lowest BCUT2D eigenvalue weighted by atomic mass is 9.88. The van der Waals surface area contributed by atoms with Crippen molar-refractivity contribution in [3.8, 4) is 0 Å². The molecule has 0 unspecified atom stereocenters. The van der Waals surface area contributed by atoms with Crippen LogP contribution < -0.4 is 10.6 Å². The van der Waals surface area contributed by atoms with Gasteiger partial charge in [-0.1, -0.05) is 60.7 Å². The van der Waals surface area contributed by atoms with Crippen LogP contribution in [0.2, 0.25) is 0 Å². The predicted octanol–water partition coefficient (Wildman–Crippen LogP) is 3.01. The van der Waals surface area contributed by atoms with E-state index in [-0.39, 0.29) is 5.91 Å². The molecule has 1 saturated heterocycles. The van der Waals surface area contributed by atoms with E-state index in [1.54, 1.807) is 0 Å². The summed E-state index contributed by atoms with van der Waals surface area (Å²) in [7, 11) is 0. The zero-order chi connectivity index (χ0) is 18.9. The van der Waals surface area contributed by atoms with Crippen LogP contribution >= 0.6 is 0 Å². The first kappa shape index (κ1) is 19.6. The van der Waals surface area contributed by atoms with Crippen molar-refractivity contribution in [3.05, 3.63) is 71.8 Å². The normalized spacial score (nSPS) is 17.3. The summed E-state index contributed by atoms with van der Waals surface area (Å²) in [5, 5.41) is 6.85. The quantitative estimate of drug-likeness (QED) is 0.707. The van der Waals surface area contributed by atoms with Gasteiger partial charge in [0.2, 0.25) is 5.91 Å². The van der Waals surface area contributed by atoms with Crippen LogP contribution in [-0.4, -0.2) is 49.6 Å². The van der Waals surface area contributed by atoms with Crippen molar-refractivity contribution >= 4 is 5.91 Å². The highest BCUT2D eigenvalue weighted by Crippen LogP contribution is 2.27. The van der Waals surface area contributed by atoms with E-state index in [1.165, 1.54) is 11.1 Å². The van der Waals surface area contributed by atoms with Gasteiger partial charge in [-0.05, 0) is 31.0 Å². The van der Waals surface area contributed by atoms with E-state index in [1.807, 2.05) is 4.90 Å². The number of carbonyl (C=O) groups excluding carboxylic acids is 1. The zero-order valence-electron chi connectivity index (χ0n) is 16.2. The van der Waals surface area contributed by atoms with Crippen LogP contribution in [0.3, 0.4) is 0 Å². The second-order valence-electron chi connectivity index (χ2n) is 7.36. The van der Waals surface area contributed by atoms with E-state index < -0.39 is 0 Å². The van der Waals surface area contributed by atoms with Crippen molar-refractivity contribution < 1.29 is 4.79 Å². The van der Waals surface area contributed by atoms with Crippen LogP contribution in [0, 0.1) is 0 Å². The largest absolute Gasteiger partial charge is 0.340 e. The van der Waals surface area contributed by atoms with Crippen molar-refractivity contribution in [2.24, 2.45) is 0 Å². The second kappa shape index (κ2) is 10.2. The van der Waals surface area contributed by atoms with Crippen molar-refractivity contribution in [1.82, 2.24) is 15.5 Å². The molecule has 2 N–H and O–H groups in total. The van der Waals surface area contributed by atoms with E-state index >= 15 is 0 Å². The summed E-state index contributed by atoms with van der Waals surface area (Å²) in [6.07, 6.45) is 1.60. The molecule has 1 aliphatic heterocycles. The molecular formula is C23H31N3O. The Morgan fingerprint density at radius 2 is 1.70 bits per heavy atom. The summed E-state index contributed by atoms with van der Waals surface area (Å²) in [6.45, 7) is 6.32. The van der Waals surface area contributed by atoms with Crippen molar-refractivity contribution in [2.75, 3.05) is 32.7 Å². The first-order valence-electron chi connectivity index (χ1n) is 10.1. The highest BCUT2D eigenvalue weighted by Gasteiger charge is 2.20. The third-order valence-corrected chi connectivity index (χ3v) is 5.25. The summed E-state index contributed by atoms with van der Waals surface area (Å²) in [5.74, 6) is 0.642. The SMILES string of the molecule is C[C@@H]1CN(C(=O)CCNCCC(c2ccccc2)c2ccccc2)CCN1. The molecule has 144 valence electrons. The monoisotopic (exact) mass is 365 g/mol. The van der Waals surface area contributed by atoms with Gasteiger partial charge in [0.1, 0.15) is 0 Å². The number of nitrogens with one attached hydrogen (secondary N) is 2. The van der Waals surface area contributed by atoms with Gasteiger partial charge in [-0.2, -0.15) is 0 Å². The zero-order valence-corrected chi connectivity index (χ0v) is 16.2. The molecule has 1 atom stereocenters. The number of piperazine rings is 1. The van der Waals surface area contributed by atoms with Gasteiger partial charge in [-0.25, -0.2) is 0 Å². The van der Waals surface area contributed by atoms with E-state index in [0.717, 1.165) is 39.1 Å². The number of rotatable bonds is 8. The van der Waals surface area contributed by atoms with Gasteiger partial charge in [0.15, 0.2) is 0 Å². The molecule has 0 saturated carbocycles. The van der Waals surface area contributed by atoms with Gasteiger partial charge in [0.25, 0.3) is 0 Å². The summed E-state index contributed by atoms with van der Waals surface area (Å²) in [6, 6.07) is 21.7. The first-order chi connectivity index (χ1) is 13.2. The Morgan fingerprint density at radius 3 is 2.30 bits per heavy atom. The molecule has 1 fully saturated rings. The van der Waals surface area contributed by atoms with Gasteiger partial charge in [-0.15, -0.1) is 0 Å². The molecule has 4 nitrogen and oxygen atoms in total. The Kier molecular flexibility index (Phi) is 7.43. The van der Waals surface area contributed by atoms with E-state index in [0.29, 0.717) is 18.4 Å². The standard InChI is InChI=1S/C23H31N3O/c1-19-18-26(17-16-25-19)23(27)13-15-24-14-12-22(20-8-4-2-5-9-20)21-10-6-3-7-11-21/h2-11,19,22,24-25H,12-18H2,1H3/t19-/m1/s1. The maximum absolute atomic E-state index is 12.3. The number of hydrogen-bond acceptors (Lipinski definition) is 3. The Bertz CT molecular complexity index is 650. The molecule has 4 heteroatoms. The van der Waals surface area contributed by atoms with Gasteiger partial charge >= 0.3 is 0 Å². The Morgan fingerprint density at radius 1 is 1.07 bits per heavy atom. The molecule has 3 rings (SSSR count). The second-order valence-corrected chi connectivity index (χ2v) is 7.36. The fraction of sp³-hybridized carbons (Fsp3) is 0.435. The summed E-state index contributed by atoms with van der Waals surface area (Å²) in [5.41, 5.74) is 2.69. The van der Waals surface area contributed by atoms with Crippen LogP contribution in [0.4, 0.5) is 0 Å². The lowest BCUT2D eigenvalue weighted by Gasteiger charge is -2.32. The first-order valence-corrected chi connectivity index (χ1v) is 10.1. The Labute approximate surface area is 163 Å². The molecule has 27 heavy (non-hydrogen) atoms. The van der Waals surface area contributed by atoms with E-state index in [4.69, 9.17) is 0 Å². The summed E-state index contributed by atoms with van der Waals surface area (Å²) in [4.78, 5) is 14.3. The summed E-state index contributed by atoms with van der Waals surface area (Å²) >= 11 is 0. The Balaban J connectivity index is 1.46.